The van der Waals surface area contributed by atoms with Gasteiger partial charge in [-0.25, -0.2) is 9.59 Å². The second-order valence-corrected chi connectivity index (χ2v) is 9.25. The van der Waals surface area contributed by atoms with Gasteiger partial charge in [-0.05, 0) is 25.7 Å². The molecule has 0 aromatic carbocycles. The molecule has 176 valence electrons. The number of hydrogen-bond donors (Lipinski definition) is 0. The monoisotopic (exact) mass is 482 g/mol. The Morgan fingerprint density at radius 1 is 0.788 bits per heavy atom. The Morgan fingerprint density at radius 3 is 1.64 bits per heavy atom. The lowest BCUT2D eigenvalue weighted by molar-refractivity contribution is -0.0841. The number of urea groups is 2. The molecule has 0 aliphatic carbocycles. The van der Waals surface area contributed by atoms with Crippen molar-refractivity contribution < 1.29 is 35.6 Å². The average Bonchev–Trinajstić information content (AvgIpc) is 3.60. The maximum Gasteiger partial charge on any atom is 0.442 e. The first-order valence-corrected chi connectivity index (χ1v) is 11.6. The van der Waals surface area contributed by atoms with E-state index in [4.69, 9.17) is 17.6 Å². The summed E-state index contributed by atoms with van der Waals surface area (Å²) in [6.45, 7) is 0.457. The fourth-order valence-corrected chi connectivity index (χ4v) is 5.63. The minimum atomic E-state index is -4.78. The van der Waals surface area contributed by atoms with Crippen molar-refractivity contribution in [1.29, 1.82) is 0 Å². The van der Waals surface area contributed by atoms with Crippen LogP contribution >= 0.6 is 0 Å². The number of piperidine rings is 2. The van der Waals surface area contributed by atoms with E-state index in [0.29, 0.717) is 25.7 Å². The van der Waals surface area contributed by atoms with Crippen molar-refractivity contribution >= 4 is 22.5 Å². The van der Waals surface area contributed by atoms with Crippen molar-refractivity contribution in [1.82, 2.24) is 40.2 Å². The van der Waals surface area contributed by atoms with Crippen LogP contribution in [0.1, 0.15) is 49.5 Å². The Labute approximate surface area is 186 Å². The molecule has 2 aromatic heterocycles. The molecule has 2 aromatic rings. The molecule has 17 heteroatoms. The van der Waals surface area contributed by atoms with Gasteiger partial charge in [0.1, 0.15) is 12.1 Å². The maximum absolute atomic E-state index is 12.8. The van der Waals surface area contributed by atoms with Crippen molar-refractivity contribution in [3.8, 4) is 0 Å². The van der Waals surface area contributed by atoms with Gasteiger partial charge in [-0.2, -0.15) is 28.5 Å². The van der Waals surface area contributed by atoms with Gasteiger partial charge in [-0.15, -0.1) is 8.57 Å². The number of nitrogens with zero attached hydrogens (tertiary/aromatic N) is 8. The minimum absolute atomic E-state index is 0.228. The van der Waals surface area contributed by atoms with E-state index in [9.17, 15) is 18.0 Å². The molecule has 4 aliphatic heterocycles. The first-order valence-electron chi connectivity index (χ1n) is 10.3. The van der Waals surface area contributed by atoms with Gasteiger partial charge in [0.25, 0.3) is 0 Å². The van der Waals surface area contributed by atoms with Gasteiger partial charge in [0.05, 0.1) is 12.1 Å². The van der Waals surface area contributed by atoms with E-state index < -0.39 is 46.6 Å². The maximum atomic E-state index is 12.8. The van der Waals surface area contributed by atoms with Crippen molar-refractivity contribution in [3.05, 3.63) is 24.4 Å². The molecule has 4 bridgehead atoms. The molecule has 4 atom stereocenters. The molecule has 4 aliphatic rings. The predicted octanol–water partition coefficient (Wildman–Crippen LogP) is 0.143. The molecule has 0 unspecified atom stereocenters. The first kappa shape index (κ1) is 20.3. The van der Waals surface area contributed by atoms with E-state index in [0.717, 1.165) is 10.1 Å². The molecule has 0 saturated carbocycles. The Hall–Kier alpha value is -3.31. The molecule has 4 amide bonds. The lowest BCUT2D eigenvalue weighted by atomic mass is 10.0. The fourth-order valence-electron chi connectivity index (χ4n) is 4.84. The lowest BCUT2D eigenvalue weighted by Crippen LogP contribution is -2.41. The number of hydroxylamine groups is 4. The van der Waals surface area contributed by atoms with Gasteiger partial charge in [0, 0.05) is 13.1 Å². The Bertz CT molecular complexity index is 1070. The van der Waals surface area contributed by atoms with E-state index in [1.165, 1.54) is 22.5 Å². The van der Waals surface area contributed by atoms with Crippen LogP contribution < -0.4 is 0 Å². The van der Waals surface area contributed by atoms with Gasteiger partial charge in [-0.3, -0.25) is 0 Å². The molecule has 6 rings (SSSR count). The zero-order valence-corrected chi connectivity index (χ0v) is 17.8. The van der Waals surface area contributed by atoms with Crippen LogP contribution in [0, 0.1) is 0 Å². The highest BCUT2D eigenvalue weighted by molar-refractivity contribution is 7.81. The van der Waals surface area contributed by atoms with E-state index in [1.807, 2.05) is 0 Å². The van der Waals surface area contributed by atoms with Gasteiger partial charge in [0.15, 0.2) is 12.7 Å². The van der Waals surface area contributed by atoms with Crippen LogP contribution in [0.3, 0.4) is 0 Å². The molecule has 4 saturated heterocycles. The molecular formula is C16H18N8O8S. The SMILES string of the molecule is O=C1N2C[C@@H](CC[C@H]2c2ncno2)N1OS(=O)(=O)ON1C(=O)N2C[C@H]1CC[C@H]2c1ncno1. The van der Waals surface area contributed by atoms with Crippen LogP contribution in [-0.2, 0) is 19.0 Å². The lowest BCUT2D eigenvalue weighted by Gasteiger charge is -2.27. The summed E-state index contributed by atoms with van der Waals surface area (Å²) in [5, 5.41) is 8.64. The number of fused-ring (bicyclic) bond motifs is 4. The van der Waals surface area contributed by atoms with Crippen LogP contribution in [-0.4, -0.2) is 85.9 Å². The topological polar surface area (TPSA) is 178 Å². The highest BCUT2D eigenvalue weighted by Crippen LogP contribution is 2.40. The number of carbonyl (C=O) groups excluding carboxylic acids is 2. The zero-order valence-electron chi connectivity index (χ0n) is 17.0. The minimum Gasteiger partial charge on any atom is -0.337 e. The molecule has 6 heterocycles. The van der Waals surface area contributed by atoms with E-state index in [-0.39, 0.29) is 24.9 Å². The van der Waals surface area contributed by atoms with Crippen molar-refractivity contribution in [2.24, 2.45) is 0 Å². The summed E-state index contributed by atoms with van der Waals surface area (Å²) in [5.74, 6) is 0.532. The molecule has 0 N–H and O–H groups in total. The van der Waals surface area contributed by atoms with Crippen molar-refractivity contribution in [2.75, 3.05) is 13.1 Å². The van der Waals surface area contributed by atoms with Crippen LogP contribution in [0.25, 0.3) is 0 Å². The first-order chi connectivity index (χ1) is 15.9. The summed E-state index contributed by atoms with van der Waals surface area (Å²) < 4.78 is 45.5. The molecule has 0 spiro atoms. The van der Waals surface area contributed by atoms with Gasteiger partial charge in [-0.1, -0.05) is 10.3 Å². The zero-order chi connectivity index (χ0) is 22.7. The fraction of sp³-hybridized carbons (Fsp3) is 0.625. The molecule has 4 fully saturated rings. The summed E-state index contributed by atoms with van der Waals surface area (Å²) in [5.41, 5.74) is 0. The van der Waals surface area contributed by atoms with Gasteiger partial charge >= 0.3 is 22.5 Å². The molecular weight excluding hydrogens is 464 g/mol. The van der Waals surface area contributed by atoms with E-state index in [2.05, 4.69) is 20.3 Å². The van der Waals surface area contributed by atoms with Crippen LogP contribution in [0.4, 0.5) is 9.59 Å². The highest BCUT2D eigenvalue weighted by Gasteiger charge is 2.52. The third-order valence-corrected chi connectivity index (χ3v) is 7.00. The summed E-state index contributed by atoms with van der Waals surface area (Å²) in [6.07, 6.45) is 4.37. The molecule has 33 heavy (non-hydrogen) atoms. The normalized spacial score (nSPS) is 29.5. The van der Waals surface area contributed by atoms with Crippen molar-refractivity contribution in [3.63, 3.8) is 0 Å². The number of carbonyl (C=O) groups is 2. The quantitative estimate of drug-likeness (QED) is 0.545. The second-order valence-electron chi connectivity index (χ2n) is 8.13. The van der Waals surface area contributed by atoms with Crippen LogP contribution in [0.5, 0.6) is 0 Å². The van der Waals surface area contributed by atoms with Crippen molar-refractivity contribution in [2.45, 2.75) is 49.9 Å². The smallest absolute Gasteiger partial charge is 0.337 e. The third kappa shape index (κ3) is 3.30. The predicted molar refractivity (Wildman–Crippen MR) is 99.1 cm³/mol. The Kier molecular flexibility index (Phi) is 4.53. The number of aromatic nitrogens is 4. The van der Waals surface area contributed by atoms with Crippen LogP contribution in [0.15, 0.2) is 21.7 Å². The standard InChI is InChI=1S/C16H18N8O8S/c25-15-21-5-9(1-3-11(21)13-17-7-19-29-13)23(15)31-33(27,28)32-24-10-2-4-12(14-18-8-20-30-14)22(6-10)16(24)26/h7-12H,1-6H2/t9-,10-,11+,12+/m1/s1. The summed E-state index contributed by atoms with van der Waals surface area (Å²) in [6, 6.07) is -3.29. The third-order valence-electron chi connectivity index (χ3n) is 6.32. The van der Waals surface area contributed by atoms with Crippen LogP contribution in [0.2, 0.25) is 0 Å². The van der Waals surface area contributed by atoms with Gasteiger partial charge < -0.3 is 18.8 Å². The van der Waals surface area contributed by atoms with E-state index >= 15 is 0 Å². The average molecular weight is 482 g/mol. The highest BCUT2D eigenvalue weighted by atomic mass is 32.3. The number of rotatable bonds is 6. The van der Waals surface area contributed by atoms with E-state index in [1.54, 1.807) is 0 Å². The Morgan fingerprint density at radius 2 is 1.24 bits per heavy atom. The molecule has 16 nitrogen and oxygen atoms in total. The van der Waals surface area contributed by atoms with Gasteiger partial charge in [0.2, 0.25) is 11.8 Å². The number of amides is 4. The number of hydrogen-bond acceptors (Lipinski definition) is 12. The summed E-state index contributed by atoms with van der Waals surface area (Å²) in [7, 11) is -4.78. The molecule has 0 radical (unpaired) electrons. The Balaban J connectivity index is 1.15. The summed E-state index contributed by atoms with van der Waals surface area (Å²) in [4.78, 5) is 36.5. The second kappa shape index (κ2) is 7.35. The summed E-state index contributed by atoms with van der Waals surface area (Å²) >= 11 is 0. The largest absolute Gasteiger partial charge is 0.442 e.